The first kappa shape index (κ1) is 18.6. The lowest BCUT2D eigenvalue weighted by molar-refractivity contribution is 0.174. The number of methoxy groups -OCH3 is 1. The quantitative estimate of drug-likeness (QED) is 0.787. The van der Waals surface area contributed by atoms with E-state index in [9.17, 15) is 13.9 Å². The Kier molecular flexibility index (Phi) is 6.54. The number of aliphatic hydroxyl groups is 1. The summed E-state index contributed by atoms with van der Waals surface area (Å²) in [6.45, 7) is 2.62. The van der Waals surface area contributed by atoms with E-state index in [0.717, 1.165) is 0 Å². The van der Waals surface area contributed by atoms with Crippen LogP contribution in [0.25, 0.3) is 0 Å². The van der Waals surface area contributed by atoms with Gasteiger partial charge in [-0.25, -0.2) is 8.78 Å². The van der Waals surface area contributed by atoms with E-state index >= 15 is 0 Å². The first-order valence-electron chi connectivity index (χ1n) is 7.59. The van der Waals surface area contributed by atoms with Crippen LogP contribution in [0.2, 0.25) is 5.02 Å². The van der Waals surface area contributed by atoms with Crippen LogP contribution in [-0.2, 0) is 0 Å². The topological polar surface area (TPSA) is 41.5 Å². The van der Waals surface area contributed by atoms with Gasteiger partial charge in [0, 0.05) is 18.1 Å². The number of nitrogens with one attached hydrogen (secondary N) is 1. The number of aliphatic hydroxyl groups excluding tert-OH is 1. The normalized spacial score (nSPS) is 13.6. The largest absolute Gasteiger partial charge is 0.491 e. The van der Waals surface area contributed by atoms with Gasteiger partial charge in [0.05, 0.1) is 13.2 Å². The Morgan fingerprint density at radius 1 is 1.12 bits per heavy atom. The van der Waals surface area contributed by atoms with Crippen molar-refractivity contribution in [2.75, 3.05) is 20.2 Å². The zero-order chi connectivity index (χ0) is 17.7. The summed E-state index contributed by atoms with van der Waals surface area (Å²) < 4.78 is 32.2. The molecule has 3 nitrogen and oxygen atoms in total. The number of benzene rings is 2. The van der Waals surface area contributed by atoms with Crippen molar-refractivity contribution >= 4 is 11.6 Å². The summed E-state index contributed by atoms with van der Waals surface area (Å²) in [5, 5.41) is 13.8. The van der Waals surface area contributed by atoms with Gasteiger partial charge in [0.25, 0.3) is 0 Å². The molecule has 2 aromatic rings. The Morgan fingerprint density at radius 3 is 2.38 bits per heavy atom. The van der Waals surface area contributed by atoms with Crippen LogP contribution in [0.5, 0.6) is 5.75 Å². The average molecular weight is 356 g/mol. The molecule has 0 spiro atoms. The first-order chi connectivity index (χ1) is 11.4. The summed E-state index contributed by atoms with van der Waals surface area (Å²) >= 11 is 5.90. The van der Waals surface area contributed by atoms with E-state index in [2.05, 4.69) is 10.1 Å². The van der Waals surface area contributed by atoms with Crippen LogP contribution in [0.1, 0.15) is 30.1 Å². The van der Waals surface area contributed by atoms with Gasteiger partial charge >= 0.3 is 0 Å². The van der Waals surface area contributed by atoms with Gasteiger partial charge < -0.3 is 15.2 Å². The van der Waals surface area contributed by atoms with E-state index in [4.69, 9.17) is 11.6 Å². The minimum Gasteiger partial charge on any atom is -0.491 e. The minimum absolute atomic E-state index is 0.133. The summed E-state index contributed by atoms with van der Waals surface area (Å²) in [4.78, 5) is 0. The smallest absolute Gasteiger partial charge is 0.190 e. The van der Waals surface area contributed by atoms with Crippen molar-refractivity contribution < 1.29 is 18.6 Å². The monoisotopic (exact) mass is 355 g/mol. The third kappa shape index (κ3) is 4.66. The molecule has 24 heavy (non-hydrogen) atoms. The lowest BCUT2D eigenvalue weighted by Crippen LogP contribution is -2.25. The average Bonchev–Trinajstić information content (AvgIpc) is 2.54. The van der Waals surface area contributed by atoms with Crippen LogP contribution in [0.15, 0.2) is 36.4 Å². The fourth-order valence-electron chi connectivity index (χ4n) is 2.45. The summed E-state index contributed by atoms with van der Waals surface area (Å²) in [5.41, 5.74) is 1.24. The second-order valence-electron chi connectivity index (χ2n) is 5.65. The molecule has 0 amide bonds. The van der Waals surface area contributed by atoms with E-state index < -0.39 is 17.7 Å². The highest BCUT2D eigenvalue weighted by Gasteiger charge is 2.15. The SMILES string of the molecule is COc1c(F)cc(C(C)CNCC(O)c2cccc(Cl)c2)cc1F. The number of hydrogen-bond donors (Lipinski definition) is 2. The molecule has 0 aliphatic rings. The minimum atomic E-state index is -0.724. The van der Waals surface area contributed by atoms with E-state index in [1.807, 2.05) is 6.92 Å². The lowest BCUT2D eigenvalue weighted by Gasteiger charge is -2.17. The Morgan fingerprint density at radius 2 is 1.79 bits per heavy atom. The third-order valence-electron chi connectivity index (χ3n) is 3.82. The van der Waals surface area contributed by atoms with Gasteiger partial charge in [-0.2, -0.15) is 0 Å². The molecule has 0 radical (unpaired) electrons. The van der Waals surface area contributed by atoms with Gasteiger partial charge in [-0.15, -0.1) is 0 Å². The fraction of sp³-hybridized carbons (Fsp3) is 0.333. The van der Waals surface area contributed by atoms with Crippen molar-refractivity contribution in [3.63, 3.8) is 0 Å². The summed E-state index contributed by atoms with van der Waals surface area (Å²) in [6, 6.07) is 9.53. The maximum atomic E-state index is 13.7. The van der Waals surface area contributed by atoms with Crippen molar-refractivity contribution in [3.8, 4) is 5.75 Å². The lowest BCUT2D eigenvalue weighted by atomic mass is 10.0. The number of rotatable bonds is 7. The van der Waals surface area contributed by atoms with Gasteiger partial charge in [-0.1, -0.05) is 30.7 Å². The van der Waals surface area contributed by atoms with Crippen LogP contribution < -0.4 is 10.1 Å². The molecule has 0 heterocycles. The summed E-state index contributed by atoms with van der Waals surface area (Å²) in [7, 11) is 1.23. The molecular formula is C18H20ClF2NO2. The standard InChI is InChI=1S/C18H20ClF2NO2/c1-11(13-7-15(20)18(24-2)16(21)8-13)9-22-10-17(23)12-4-3-5-14(19)6-12/h3-8,11,17,22-23H,9-10H2,1-2H3. The first-order valence-corrected chi connectivity index (χ1v) is 7.97. The summed E-state index contributed by atoms with van der Waals surface area (Å²) in [6.07, 6.45) is -0.708. The zero-order valence-electron chi connectivity index (χ0n) is 13.5. The zero-order valence-corrected chi connectivity index (χ0v) is 14.3. The number of ether oxygens (including phenoxy) is 1. The van der Waals surface area contributed by atoms with Crippen LogP contribution in [0.4, 0.5) is 8.78 Å². The summed E-state index contributed by atoms with van der Waals surface area (Å²) in [5.74, 6) is -1.96. The van der Waals surface area contributed by atoms with Gasteiger partial charge in [0.15, 0.2) is 17.4 Å². The fourth-order valence-corrected chi connectivity index (χ4v) is 2.64. The number of hydrogen-bond acceptors (Lipinski definition) is 3. The van der Waals surface area contributed by atoms with Gasteiger partial charge in [0.1, 0.15) is 0 Å². The number of halogens is 3. The van der Waals surface area contributed by atoms with Crippen molar-refractivity contribution in [2.24, 2.45) is 0 Å². The highest BCUT2D eigenvalue weighted by Crippen LogP contribution is 2.26. The predicted octanol–water partition coefficient (Wildman–Crippen LogP) is 4.05. The Labute approximate surface area is 145 Å². The van der Waals surface area contributed by atoms with Gasteiger partial charge in [-0.05, 0) is 41.3 Å². The van der Waals surface area contributed by atoms with Crippen molar-refractivity contribution in [1.82, 2.24) is 5.32 Å². The molecule has 2 N–H and O–H groups in total. The van der Waals surface area contributed by atoms with Crippen molar-refractivity contribution in [1.29, 1.82) is 0 Å². The third-order valence-corrected chi connectivity index (χ3v) is 4.05. The molecule has 0 saturated carbocycles. The van der Waals surface area contributed by atoms with Crippen LogP contribution in [-0.4, -0.2) is 25.3 Å². The van der Waals surface area contributed by atoms with E-state index in [1.54, 1.807) is 24.3 Å². The maximum Gasteiger partial charge on any atom is 0.190 e. The van der Waals surface area contributed by atoms with Crippen molar-refractivity contribution in [3.05, 3.63) is 64.2 Å². The highest BCUT2D eigenvalue weighted by atomic mass is 35.5. The molecule has 0 bridgehead atoms. The van der Waals surface area contributed by atoms with Gasteiger partial charge in [0.2, 0.25) is 0 Å². The van der Waals surface area contributed by atoms with Crippen LogP contribution in [0.3, 0.4) is 0 Å². The Bertz CT molecular complexity index is 673. The molecule has 0 fully saturated rings. The van der Waals surface area contributed by atoms with Crippen LogP contribution in [0, 0.1) is 11.6 Å². The van der Waals surface area contributed by atoms with E-state index in [1.165, 1.54) is 19.2 Å². The Balaban J connectivity index is 1.92. The molecule has 2 rings (SSSR count). The Hall–Kier alpha value is -1.69. The van der Waals surface area contributed by atoms with E-state index in [0.29, 0.717) is 29.2 Å². The molecule has 6 heteroatoms. The molecule has 2 aromatic carbocycles. The second-order valence-corrected chi connectivity index (χ2v) is 6.08. The predicted molar refractivity (Wildman–Crippen MR) is 90.6 cm³/mol. The molecule has 0 aromatic heterocycles. The molecular weight excluding hydrogens is 336 g/mol. The molecule has 0 aliphatic carbocycles. The molecule has 0 saturated heterocycles. The molecule has 2 unspecified atom stereocenters. The maximum absolute atomic E-state index is 13.7. The van der Waals surface area contributed by atoms with Crippen molar-refractivity contribution in [2.45, 2.75) is 18.9 Å². The molecule has 2 atom stereocenters. The van der Waals surface area contributed by atoms with Crippen LogP contribution >= 0.6 is 11.6 Å². The molecule has 0 aliphatic heterocycles. The second kappa shape index (κ2) is 8.42. The van der Waals surface area contributed by atoms with E-state index in [-0.39, 0.29) is 11.7 Å². The highest BCUT2D eigenvalue weighted by molar-refractivity contribution is 6.30. The van der Waals surface area contributed by atoms with Gasteiger partial charge in [-0.3, -0.25) is 0 Å². The molecule has 130 valence electrons.